The van der Waals surface area contributed by atoms with E-state index in [1.54, 1.807) is 0 Å². The fourth-order valence-electron chi connectivity index (χ4n) is 9.29. The zero-order valence-electron chi connectivity index (χ0n) is 20.8. The predicted octanol–water partition coefficient (Wildman–Crippen LogP) is 4.99. The molecule has 10 atom stereocenters. The highest BCUT2D eigenvalue weighted by Crippen LogP contribution is 2.68. The lowest BCUT2D eigenvalue weighted by Gasteiger charge is -2.62. The second-order valence-electron chi connectivity index (χ2n) is 12.5. The Morgan fingerprint density at radius 1 is 0.939 bits per heavy atom. The van der Waals surface area contributed by atoms with E-state index in [1.165, 1.54) is 25.7 Å². The van der Waals surface area contributed by atoms with Gasteiger partial charge in [-0.15, -0.1) is 0 Å². The van der Waals surface area contributed by atoms with E-state index >= 15 is 0 Å². The monoisotopic (exact) mass is 486 g/mol. The van der Waals surface area contributed by atoms with Crippen LogP contribution in [0.3, 0.4) is 0 Å². The van der Waals surface area contributed by atoms with Crippen LogP contribution in [0.4, 0.5) is 0 Å². The smallest absolute Gasteiger partial charge is 0.393 e. The van der Waals surface area contributed by atoms with Crippen LogP contribution in [0.25, 0.3) is 0 Å². The lowest BCUT2D eigenvalue weighted by atomic mass is 9.43. The molecule has 0 unspecified atom stereocenters. The van der Waals surface area contributed by atoms with Gasteiger partial charge in [-0.05, 0) is 104 Å². The average Bonchev–Trinajstić information content (AvgIpc) is 3.08. The molecule has 6 nitrogen and oxygen atoms in total. The van der Waals surface area contributed by atoms with Crippen molar-refractivity contribution >= 4 is 10.4 Å². The summed E-state index contributed by atoms with van der Waals surface area (Å²) in [6.45, 7) is 7.41. The van der Waals surface area contributed by atoms with Gasteiger partial charge in [-0.25, -0.2) is 4.18 Å². The molecule has 7 heteroatoms. The van der Waals surface area contributed by atoms with Crippen molar-refractivity contribution < 1.29 is 27.4 Å². The highest BCUT2D eigenvalue weighted by Gasteiger charge is 2.62. The van der Waals surface area contributed by atoms with Crippen LogP contribution in [0.5, 0.6) is 0 Å². The number of fused-ring (bicyclic) bond motifs is 5. The van der Waals surface area contributed by atoms with Gasteiger partial charge in [-0.1, -0.05) is 40.0 Å². The van der Waals surface area contributed by atoms with Gasteiger partial charge in [0.15, 0.2) is 0 Å². The molecule has 4 saturated carbocycles. The van der Waals surface area contributed by atoms with E-state index in [2.05, 4.69) is 25.0 Å². The van der Waals surface area contributed by atoms with Gasteiger partial charge in [-0.2, -0.15) is 8.42 Å². The number of aliphatic hydroxyl groups excluding tert-OH is 2. The molecule has 0 aliphatic heterocycles. The van der Waals surface area contributed by atoms with E-state index in [-0.39, 0.29) is 24.2 Å². The Morgan fingerprint density at radius 2 is 1.64 bits per heavy atom. The maximum atomic E-state index is 11.4. The SMILES string of the molecule is C[C@H](CCCCCOS(=O)(=O)O)[C@H]1CC[C@H]2[C@@H]3[C@H](O)C[C@@H]4C[C@H](O)CC[C@]4(C)[C@H]3CC[C@]12C. The molecule has 4 aliphatic rings. The Kier molecular flexibility index (Phi) is 7.59. The fourth-order valence-corrected chi connectivity index (χ4v) is 9.61. The molecule has 0 radical (unpaired) electrons. The second kappa shape index (κ2) is 9.68. The number of hydrogen-bond acceptors (Lipinski definition) is 5. The topological polar surface area (TPSA) is 104 Å². The Hall–Kier alpha value is -0.210. The molecule has 0 saturated heterocycles. The third-order valence-electron chi connectivity index (χ3n) is 11.0. The molecule has 0 bridgehead atoms. The molecule has 4 fully saturated rings. The third kappa shape index (κ3) is 5.04. The standard InChI is InChI=1S/C26H46O6S/c1-17(7-5-4-6-14-32-33(29,30)31)20-8-9-21-24-22(11-13-26(20,21)3)25(2)12-10-19(27)15-18(25)16-23(24)28/h17-24,27-28H,4-16H2,1-3H3,(H,29,30,31)/t17-,18+,19-,20-,21+,22+,23-,24+,25+,26-/m1/s1. The number of aliphatic hydroxyl groups is 2. The summed E-state index contributed by atoms with van der Waals surface area (Å²) in [5, 5.41) is 21.6. The van der Waals surface area contributed by atoms with E-state index in [0.717, 1.165) is 44.9 Å². The summed E-state index contributed by atoms with van der Waals surface area (Å²) in [6, 6.07) is 0. The van der Waals surface area contributed by atoms with Gasteiger partial charge in [0.2, 0.25) is 0 Å². The van der Waals surface area contributed by atoms with E-state index in [0.29, 0.717) is 47.3 Å². The van der Waals surface area contributed by atoms with Gasteiger partial charge in [-0.3, -0.25) is 4.55 Å². The van der Waals surface area contributed by atoms with E-state index < -0.39 is 10.4 Å². The normalized spacial score (nSPS) is 46.3. The summed E-state index contributed by atoms with van der Waals surface area (Å²) >= 11 is 0. The molecule has 0 heterocycles. The van der Waals surface area contributed by atoms with Crippen molar-refractivity contribution in [1.82, 2.24) is 0 Å². The molecular weight excluding hydrogens is 440 g/mol. The molecule has 0 aromatic carbocycles. The molecule has 192 valence electrons. The minimum atomic E-state index is -4.32. The maximum absolute atomic E-state index is 11.4. The highest BCUT2D eigenvalue weighted by molar-refractivity contribution is 7.80. The largest absolute Gasteiger partial charge is 0.397 e. The van der Waals surface area contributed by atoms with Gasteiger partial charge in [0.1, 0.15) is 0 Å². The van der Waals surface area contributed by atoms with Crippen molar-refractivity contribution in [2.24, 2.45) is 46.3 Å². The summed E-state index contributed by atoms with van der Waals surface area (Å²) in [5.74, 6) is 3.37. The molecular formula is C26H46O6S. The molecule has 3 N–H and O–H groups in total. The zero-order valence-corrected chi connectivity index (χ0v) is 21.6. The second-order valence-corrected chi connectivity index (χ2v) is 13.6. The maximum Gasteiger partial charge on any atom is 0.397 e. The molecule has 4 aliphatic carbocycles. The molecule has 33 heavy (non-hydrogen) atoms. The van der Waals surface area contributed by atoms with E-state index in [9.17, 15) is 18.6 Å². The lowest BCUT2D eigenvalue weighted by Crippen LogP contribution is -2.58. The van der Waals surface area contributed by atoms with Crippen LogP contribution in [0.1, 0.15) is 97.8 Å². The average molecular weight is 487 g/mol. The summed E-state index contributed by atoms with van der Waals surface area (Å²) in [5.41, 5.74) is 0.575. The van der Waals surface area contributed by atoms with Crippen LogP contribution in [0.2, 0.25) is 0 Å². The number of unbranched alkanes of at least 4 members (excludes halogenated alkanes) is 2. The predicted molar refractivity (Wildman–Crippen MR) is 128 cm³/mol. The quantitative estimate of drug-likeness (QED) is 0.330. The highest BCUT2D eigenvalue weighted by atomic mass is 32.3. The molecule has 0 amide bonds. The van der Waals surface area contributed by atoms with Gasteiger partial charge >= 0.3 is 10.4 Å². The number of hydrogen-bond donors (Lipinski definition) is 3. The molecule has 0 aromatic rings. The summed E-state index contributed by atoms with van der Waals surface area (Å²) < 4.78 is 34.4. The summed E-state index contributed by atoms with van der Waals surface area (Å²) in [7, 11) is -4.32. The first-order valence-corrected chi connectivity index (χ1v) is 14.8. The fraction of sp³-hybridized carbons (Fsp3) is 1.00. The lowest BCUT2D eigenvalue weighted by molar-refractivity contribution is -0.174. The first-order chi connectivity index (χ1) is 15.5. The zero-order chi connectivity index (χ0) is 24.0. The molecule has 0 aromatic heterocycles. The van der Waals surface area contributed by atoms with Crippen LogP contribution in [-0.4, -0.2) is 42.0 Å². The van der Waals surface area contributed by atoms with Crippen molar-refractivity contribution in [2.45, 2.75) is 110 Å². The van der Waals surface area contributed by atoms with Gasteiger partial charge in [0, 0.05) is 0 Å². The van der Waals surface area contributed by atoms with Crippen LogP contribution >= 0.6 is 0 Å². The van der Waals surface area contributed by atoms with Gasteiger partial charge < -0.3 is 10.2 Å². The Bertz CT molecular complexity index is 786. The number of rotatable bonds is 8. The van der Waals surface area contributed by atoms with Crippen molar-refractivity contribution in [3.05, 3.63) is 0 Å². The Morgan fingerprint density at radius 3 is 2.36 bits per heavy atom. The molecule has 0 spiro atoms. The minimum absolute atomic E-state index is 0.0498. The van der Waals surface area contributed by atoms with Crippen molar-refractivity contribution in [3.63, 3.8) is 0 Å². The first kappa shape index (κ1) is 25.9. The van der Waals surface area contributed by atoms with Gasteiger partial charge in [0.05, 0.1) is 18.8 Å². The van der Waals surface area contributed by atoms with Crippen molar-refractivity contribution in [2.75, 3.05) is 6.61 Å². The van der Waals surface area contributed by atoms with Crippen LogP contribution in [0.15, 0.2) is 0 Å². The van der Waals surface area contributed by atoms with Crippen molar-refractivity contribution in [3.8, 4) is 0 Å². The summed E-state index contributed by atoms with van der Waals surface area (Å²) in [4.78, 5) is 0. The molecule has 4 rings (SSSR count). The van der Waals surface area contributed by atoms with Gasteiger partial charge in [0.25, 0.3) is 0 Å². The third-order valence-corrected chi connectivity index (χ3v) is 11.4. The Labute approximate surface area is 200 Å². The summed E-state index contributed by atoms with van der Waals surface area (Å²) in [6.07, 6.45) is 12.0. The van der Waals surface area contributed by atoms with E-state index in [4.69, 9.17) is 4.55 Å². The van der Waals surface area contributed by atoms with E-state index in [1.807, 2.05) is 0 Å². The van der Waals surface area contributed by atoms with Crippen LogP contribution in [-0.2, 0) is 14.6 Å². The minimum Gasteiger partial charge on any atom is -0.393 e. The van der Waals surface area contributed by atoms with Crippen molar-refractivity contribution in [1.29, 1.82) is 0 Å². The van der Waals surface area contributed by atoms with Crippen LogP contribution < -0.4 is 0 Å². The first-order valence-electron chi connectivity index (χ1n) is 13.4. The Balaban J connectivity index is 1.36. The van der Waals surface area contributed by atoms with Crippen LogP contribution in [0, 0.1) is 46.3 Å².